The molecule has 2 aliphatic carbocycles. The van der Waals surface area contributed by atoms with Crippen molar-refractivity contribution in [2.75, 3.05) is 0 Å². The minimum atomic E-state index is 0.234. The van der Waals surface area contributed by atoms with Gasteiger partial charge in [0.15, 0.2) is 0 Å². The van der Waals surface area contributed by atoms with Crippen LogP contribution in [0.3, 0.4) is 0 Å². The molecule has 0 spiro atoms. The van der Waals surface area contributed by atoms with Crippen LogP contribution in [0.5, 0.6) is 0 Å². The molecule has 0 amide bonds. The van der Waals surface area contributed by atoms with E-state index in [0.29, 0.717) is 5.92 Å². The summed E-state index contributed by atoms with van der Waals surface area (Å²) in [4.78, 5) is 0. The molecule has 1 heteroatoms. The van der Waals surface area contributed by atoms with Crippen molar-refractivity contribution in [3.63, 3.8) is 0 Å². The smallest absolute Gasteiger partial charge is 0.0323 e. The molecule has 2 atom stereocenters. The van der Waals surface area contributed by atoms with Crippen LogP contribution in [0.4, 0.5) is 0 Å². The van der Waals surface area contributed by atoms with Crippen molar-refractivity contribution in [3.8, 4) is 0 Å². The third kappa shape index (κ3) is 2.26. The van der Waals surface area contributed by atoms with Crippen LogP contribution in [-0.4, -0.2) is 0 Å². The predicted octanol–water partition coefficient (Wildman–Crippen LogP) is 4.00. The molecule has 2 unspecified atom stereocenters. The molecule has 1 aromatic rings. The maximum atomic E-state index is 6.35. The molecule has 0 bridgehead atoms. The molecule has 1 aromatic carbocycles. The monoisotopic (exact) mass is 229 g/mol. The van der Waals surface area contributed by atoms with E-state index < -0.39 is 0 Å². The van der Waals surface area contributed by atoms with Gasteiger partial charge in [0.2, 0.25) is 0 Å². The van der Waals surface area contributed by atoms with Crippen LogP contribution in [-0.2, 0) is 0 Å². The topological polar surface area (TPSA) is 26.0 Å². The van der Waals surface area contributed by atoms with E-state index in [4.69, 9.17) is 5.73 Å². The van der Waals surface area contributed by atoms with Gasteiger partial charge in [-0.15, -0.1) is 0 Å². The Balaban J connectivity index is 1.69. The zero-order chi connectivity index (χ0) is 11.8. The Hall–Kier alpha value is -0.820. The average Bonchev–Trinajstić information content (AvgIpc) is 3.10. The summed E-state index contributed by atoms with van der Waals surface area (Å²) in [5, 5.41) is 0. The van der Waals surface area contributed by atoms with E-state index >= 15 is 0 Å². The Morgan fingerprint density at radius 3 is 2.18 bits per heavy atom. The molecule has 2 aliphatic rings. The largest absolute Gasteiger partial charge is 0.324 e. The highest BCUT2D eigenvalue weighted by Gasteiger charge is 2.32. The van der Waals surface area contributed by atoms with E-state index in [2.05, 4.69) is 31.2 Å². The lowest BCUT2D eigenvalue weighted by molar-refractivity contribution is 0.413. The van der Waals surface area contributed by atoms with Gasteiger partial charge in [0.1, 0.15) is 0 Å². The van der Waals surface area contributed by atoms with Crippen LogP contribution >= 0.6 is 0 Å². The Kier molecular flexibility index (Phi) is 2.96. The normalized spacial score (nSPS) is 24.1. The van der Waals surface area contributed by atoms with Crippen molar-refractivity contribution in [1.29, 1.82) is 0 Å². The first-order valence-electron chi connectivity index (χ1n) is 7.11. The highest BCUT2D eigenvalue weighted by molar-refractivity contribution is 5.28. The molecule has 92 valence electrons. The van der Waals surface area contributed by atoms with Crippen molar-refractivity contribution in [2.45, 2.75) is 51.0 Å². The quantitative estimate of drug-likeness (QED) is 0.829. The predicted molar refractivity (Wildman–Crippen MR) is 71.9 cm³/mol. The number of hydrogen-bond donors (Lipinski definition) is 1. The van der Waals surface area contributed by atoms with Gasteiger partial charge in [-0.1, -0.05) is 37.6 Å². The van der Waals surface area contributed by atoms with Gasteiger partial charge in [0, 0.05) is 6.04 Å². The van der Waals surface area contributed by atoms with E-state index in [1.54, 1.807) is 0 Å². The van der Waals surface area contributed by atoms with Gasteiger partial charge in [-0.2, -0.15) is 0 Å². The van der Waals surface area contributed by atoms with Gasteiger partial charge in [-0.05, 0) is 54.6 Å². The summed E-state index contributed by atoms with van der Waals surface area (Å²) in [7, 11) is 0. The molecule has 2 saturated carbocycles. The van der Waals surface area contributed by atoms with Crippen molar-refractivity contribution in [2.24, 2.45) is 17.6 Å². The maximum Gasteiger partial charge on any atom is 0.0323 e. The molecule has 0 heterocycles. The van der Waals surface area contributed by atoms with Crippen LogP contribution in [0.2, 0.25) is 0 Å². The highest BCUT2D eigenvalue weighted by Crippen LogP contribution is 2.42. The van der Waals surface area contributed by atoms with E-state index in [-0.39, 0.29) is 6.04 Å². The SMILES string of the molecule is CC(C1CC1)C(N)c1ccc(C2CCC2)cc1. The van der Waals surface area contributed by atoms with Gasteiger partial charge in [0.25, 0.3) is 0 Å². The Morgan fingerprint density at radius 1 is 1.06 bits per heavy atom. The summed E-state index contributed by atoms with van der Waals surface area (Å²) < 4.78 is 0. The molecular formula is C16H23N. The summed E-state index contributed by atoms with van der Waals surface area (Å²) in [6.45, 7) is 2.31. The minimum Gasteiger partial charge on any atom is -0.324 e. The lowest BCUT2D eigenvalue weighted by Gasteiger charge is -2.26. The van der Waals surface area contributed by atoms with Crippen LogP contribution in [0.25, 0.3) is 0 Å². The van der Waals surface area contributed by atoms with Gasteiger partial charge in [-0.3, -0.25) is 0 Å². The second-order valence-electron chi connectivity index (χ2n) is 6.02. The molecule has 0 radical (unpaired) electrons. The maximum absolute atomic E-state index is 6.35. The first-order chi connectivity index (χ1) is 8.25. The molecule has 3 rings (SSSR count). The summed E-state index contributed by atoms with van der Waals surface area (Å²) >= 11 is 0. The van der Waals surface area contributed by atoms with Gasteiger partial charge < -0.3 is 5.73 Å². The number of benzene rings is 1. The molecule has 1 nitrogen and oxygen atoms in total. The van der Waals surface area contributed by atoms with Crippen molar-refractivity contribution < 1.29 is 0 Å². The molecule has 0 saturated heterocycles. The highest BCUT2D eigenvalue weighted by atomic mass is 14.7. The third-order valence-corrected chi connectivity index (χ3v) is 4.83. The van der Waals surface area contributed by atoms with Crippen molar-refractivity contribution in [3.05, 3.63) is 35.4 Å². The Bertz CT molecular complexity index is 373. The molecule has 2 fully saturated rings. The van der Waals surface area contributed by atoms with Crippen molar-refractivity contribution in [1.82, 2.24) is 0 Å². The van der Waals surface area contributed by atoms with Crippen LogP contribution in [0.1, 0.15) is 62.1 Å². The lowest BCUT2D eigenvalue weighted by Crippen LogP contribution is -2.20. The van der Waals surface area contributed by atoms with Gasteiger partial charge in [0.05, 0.1) is 0 Å². The zero-order valence-corrected chi connectivity index (χ0v) is 10.7. The first-order valence-corrected chi connectivity index (χ1v) is 7.11. The lowest BCUT2D eigenvalue weighted by atomic mass is 9.79. The fraction of sp³-hybridized carbons (Fsp3) is 0.625. The van der Waals surface area contributed by atoms with Gasteiger partial charge >= 0.3 is 0 Å². The van der Waals surface area contributed by atoms with Crippen LogP contribution in [0.15, 0.2) is 24.3 Å². The third-order valence-electron chi connectivity index (χ3n) is 4.83. The fourth-order valence-corrected chi connectivity index (χ4v) is 2.95. The zero-order valence-electron chi connectivity index (χ0n) is 10.7. The first kappa shape index (κ1) is 11.3. The summed E-state index contributed by atoms with van der Waals surface area (Å²) in [5.41, 5.74) is 9.20. The summed E-state index contributed by atoms with van der Waals surface area (Å²) in [6, 6.07) is 9.36. The standard InChI is InChI=1S/C16H23N/c1-11(12-5-6-12)16(17)15-9-7-14(8-10-15)13-3-2-4-13/h7-13,16H,2-6,17H2,1H3. The van der Waals surface area contributed by atoms with Gasteiger partial charge in [-0.25, -0.2) is 0 Å². The second kappa shape index (κ2) is 4.45. The minimum absolute atomic E-state index is 0.234. The summed E-state index contributed by atoms with van der Waals surface area (Å²) in [5.74, 6) is 2.36. The molecular weight excluding hydrogens is 206 g/mol. The Morgan fingerprint density at radius 2 is 1.71 bits per heavy atom. The molecule has 0 aromatic heterocycles. The fourth-order valence-electron chi connectivity index (χ4n) is 2.95. The average molecular weight is 229 g/mol. The molecule has 17 heavy (non-hydrogen) atoms. The van der Waals surface area contributed by atoms with E-state index in [1.165, 1.54) is 43.2 Å². The number of rotatable bonds is 4. The second-order valence-corrected chi connectivity index (χ2v) is 6.02. The number of hydrogen-bond acceptors (Lipinski definition) is 1. The van der Waals surface area contributed by atoms with E-state index in [1.807, 2.05) is 0 Å². The molecule has 2 N–H and O–H groups in total. The van der Waals surface area contributed by atoms with Crippen LogP contribution in [0, 0.1) is 11.8 Å². The van der Waals surface area contributed by atoms with E-state index in [9.17, 15) is 0 Å². The summed E-state index contributed by atoms with van der Waals surface area (Å²) in [6.07, 6.45) is 6.93. The molecule has 0 aliphatic heterocycles. The Labute approximate surface area is 104 Å². The number of nitrogens with two attached hydrogens (primary N) is 1. The van der Waals surface area contributed by atoms with Crippen molar-refractivity contribution >= 4 is 0 Å². The van der Waals surface area contributed by atoms with E-state index in [0.717, 1.165) is 11.8 Å². The van der Waals surface area contributed by atoms with Crippen LogP contribution < -0.4 is 5.73 Å².